The topological polar surface area (TPSA) is 66.3 Å². The molecule has 0 spiro atoms. The zero-order valence-corrected chi connectivity index (χ0v) is 14.1. The van der Waals surface area contributed by atoms with Crippen LogP contribution in [0.25, 0.3) is 12.2 Å². The van der Waals surface area contributed by atoms with Crippen LogP contribution in [0.5, 0.6) is 0 Å². The zero-order chi connectivity index (χ0) is 17.9. The molecule has 0 saturated heterocycles. The summed E-state index contributed by atoms with van der Waals surface area (Å²) in [7, 11) is 3.55. The molecule has 0 aliphatic rings. The van der Waals surface area contributed by atoms with E-state index in [0.29, 0.717) is 22.8 Å². The average Bonchev–Trinajstić information content (AvgIpc) is 2.52. The van der Waals surface area contributed by atoms with Crippen LogP contribution in [0.2, 0.25) is 0 Å². The standard InChI is InChI=1S/C18H20FN3O2/c1-11(2)17-13(18(23)24)10-20-16(21-17)8-6-12-5-7-15(22(3)4)14(19)9-12/h5-11H,1-4H3,(H,23,24)/b8-6+. The highest BCUT2D eigenvalue weighted by atomic mass is 19.1. The quantitative estimate of drug-likeness (QED) is 0.906. The largest absolute Gasteiger partial charge is 0.478 e. The van der Waals surface area contributed by atoms with Gasteiger partial charge in [0.15, 0.2) is 5.82 Å². The normalized spacial score (nSPS) is 11.2. The molecule has 0 unspecified atom stereocenters. The lowest BCUT2D eigenvalue weighted by Crippen LogP contribution is -2.10. The summed E-state index contributed by atoms with van der Waals surface area (Å²) in [5.41, 5.74) is 1.77. The van der Waals surface area contributed by atoms with E-state index in [1.807, 2.05) is 13.8 Å². The molecule has 1 heterocycles. The van der Waals surface area contributed by atoms with Crippen LogP contribution in [0.3, 0.4) is 0 Å². The highest BCUT2D eigenvalue weighted by molar-refractivity contribution is 5.88. The number of halogens is 1. The molecule has 0 bridgehead atoms. The van der Waals surface area contributed by atoms with Crippen molar-refractivity contribution in [1.29, 1.82) is 0 Å². The Balaban J connectivity index is 2.31. The number of hydrogen-bond donors (Lipinski definition) is 1. The Hall–Kier alpha value is -2.76. The number of hydrogen-bond acceptors (Lipinski definition) is 4. The van der Waals surface area contributed by atoms with E-state index in [1.165, 1.54) is 12.3 Å². The fourth-order valence-electron chi connectivity index (χ4n) is 2.25. The van der Waals surface area contributed by atoms with E-state index in [1.54, 1.807) is 43.3 Å². The Labute approximate surface area is 140 Å². The van der Waals surface area contributed by atoms with Crippen molar-refractivity contribution in [3.05, 3.63) is 52.9 Å². The summed E-state index contributed by atoms with van der Waals surface area (Å²) in [5, 5.41) is 9.17. The van der Waals surface area contributed by atoms with E-state index >= 15 is 0 Å². The predicted molar refractivity (Wildman–Crippen MR) is 92.7 cm³/mol. The Morgan fingerprint density at radius 3 is 2.54 bits per heavy atom. The molecule has 1 N–H and O–H groups in total. The minimum atomic E-state index is -1.05. The molecule has 0 aliphatic heterocycles. The van der Waals surface area contributed by atoms with Gasteiger partial charge in [0.1, 0.15) is 5.82 Å². The predicted octanol–water partition coefficient (Wildman–Crippen LogP) is 3.67. The zero-order valence-electron chi connectivity index (χ0n) is 14.1. The first-order valence-electron chi connectivity index (χ1n) is 7.54. The van der Waals surface area contributed by atoms with Gasteiger partial charge in [-0.3, -0.25) is 0 Å². The van der Waals surface area contributed by atoms with Crippen molar-refractivity contribution in [2.45, 2.75) is 19.8 Å². The molecule has 24 heavy (non-hydrogen) atoms. The Kier molecular flexibility index (Phi) is 5.28. The third-order valence-corrected chi connectivity index (χ3v) is 3.49. The van der Waals surface area contributed by atoms with Crippen LogP contribution < -0.4 is 4.90 Å². The molecular formula is C18H20FN3O2. The summed E-state index contributed by atoms with van der Waals surface area (Å²) >= 11 is 0. The van der Waals surface area contributed by atoms with E-state index in [2.05, 4.69) is 9.97 Å². The Bertz CT molecular complexity index is 786. The van der Waals surface area contributed by atoms with Crippen LogP contribution in [-0.2, 0) is 0 Å². The minimum Gasteiger partial charge on any atom is -0.478 e. The molecule has 2 rings (SSSR count). The van der Waals surface area contributed by atoms with Crippen molar-refractivity contribution in [3.63, 3.8) is 0 Å². The van der Waals surface area contributed by atoms with Crippen LogP contribution in [0.15, 0.2) is 24.4 Å². The van der Waals surface area contributed by atoms with E-state index in [-0.39, 0.29) is 17.3 Å². The van der Waals surface area contributed by atoms with Crippen molar-refractivity contribution in [2.75, 3.05) is 19.0 Å². The lowest BCUT2D eigenvalue weighted by Gasteiger charge is -2.13. The van der Waals surface area contributed by atoms with E-state index < -0.39 is 5.97 Å². The van der Waals surface area contributed by atoms with E-state index in [4.69, 9.17) is 0 Å². The SMILES string of the molecule is CC(C)c1nc(/C=C/c2ccc(N(C)C)c(F)c2)ncc1C(=O)O. The number of carbonyl (C=O) groups is 1. The second-order valence-corrected chi connectivity index (χ2v) is 5.93. The number of benzene rings is 1. The first-order chi connectivity index (χ1) is 11.3. The molecule has 0 aliphatic carbocycles. The molecule has 1 aromatic carbocycles. The third kappa shape index (κ3) is 3.95. The number of aromatic carboxylic acids is 1. The third-order valence-electron chi connectivity index (χ3n) is 3.49. The molecule has 6 heteroatoms. The van der Waals surface area contributed by atoms with Crippen LogP contribution in [0, 0.1) is 5.82 Å². The van der Waals surface area contributed by atoms with Gasteiger partial charge >= 0.3 is 5.97 Å². The molecular weight excluding hydrogens is 309 g/mol. The second-order valence-electron chi connectivity index (χ2n) is 5.93. The summed E-state index contributed by atoms with van der Waals surface area (Å²) in [5.74, 6) is -1.01. The lowest BCUT2D eigenvalue weighted by molar-refractivity contribution is 0.0694. The van der Waals surface area contributed by atoms with Crippen molar-refractivity contribution in [2.24, 2.45) is 0 Å². The van der Waals surface area contributed by atoms with Gasteiger partial charge in [-0.1, -0.05) is 26.0 Å². The number of carboxylic acids is 1. The first kappa shape index (κ1) is 17.6. The van der Waals surface area contributed by atoms with Crippen molar-refractivity contribution in [1.82, 2.24) is 9.97 Å². The minimum absolute atomic E-state index is 0.0388. The molecule has 2 aromatic rings. The lowest BCUT2D eigenvalue weighted by atomic mass is 10.1. The molecule has 0 radical (unpaired) electrons. The summed E-state index contributed by atoms with van der Waals surface area (Å²) in [6, 6.07) is 4.92. The maximum absolute atomic E-state index is 14.0. The van der Waals surface area contributed by atoms with E-state index in [9.17, 15) is 14.3 Å². The molecule has 0 amide bonds. The van der Waals surface area contributed by atoms with E-state index in [0.717, 1.165) is 0 Å². The van der Waals surface area contributed by atoms with Gasteiger partial charge in [-0.2, -0.15) is 0 Å². The maximum Gasteiger partial charge on any atom is 0.339 e. The fourth-order valence-corrected chi connectivity index (χ4v) is 2.25. The number of carboxylic acid groups (broad SMARTS) is 1. The van der Waals surface area contributed by atoms with Crippen molar-refractivity contribution in [3.8, 4) is 0 Å². The molecule has 1 aromatic heterocycles. The van der Waals surface area contributed by atoms with Crippen molar-refractivity contribution < 1.29 is 14.3 Å². The Morgan fingerprint density at radius 1 is 1.29 bits per heavy atom. The Morgan fingerprint density at radius 2 is 2.00 bits per heavy atom. The number of nitrogens with zero attached hydrogens (tertiary/aromatic N) is 3. The molecule has 5 nitrogen and oxygen atoms in total. The summed E-state index contributed by atoms with van der Waals surface area (Å²) in [4.78, 5) is 21.2. The van der Waals surface area contributed by atoms with Crippen LogP contribution >= 0.6 is 0 Å². The van der Waals surface area contributed by atoms with Gasteiger partial charge in [0.05, 0.1) is 16.9 Å². The maximum atomic E-state index is 14.0. The second kappa shape index (κ2) is 7.21. The smallest absolute Gasteiger partial charge is 0.339 e. The van der Waals surface area contributed by atoms with Gasteiger partial charge in [-0.15, -0.1) is 0 Å². The average molecular weight is 329 g/mol. The summed E-state index contributed by atoms with van der Waals surface area (Å²) in [6.07, 6.45) is 4.64. The fraction of sp³-hybridized carbons (Fsp3) is 0.278. The van der Waals surface area contributed by atoms with Gasteiger partial charge < -0.3 is 10.0 Å². The number of aromatic nitrogens is 2. The summed E-state index contributed by atoms with van der Waals surface area (Å²) in [6.45, 7) is 3.75. The molecule has 0 saturated carbocycles. The molecule has 0 atom stereocenters. The number of anilines is 1. The molecule has 0 fully saturated rings. The van der Waals surface area contributed by atoms with Crippen LogP contribution in [-0.4, -0.2) is 35.1 Å². The van der Waals surface area contributed by atoms with Gasteiger partial charge in [0.25, 0.3) is 0 Å². The highest BCUT2D eigenvalue weighted by Crippen LogP contribution is 2.20. The summed E-state index contributed by atoms with van der Waals surface area (Å²) < 4.78 is 14.0. The van der Waals surface area contributed by atoms with Gasteiger partial charge in [-0.05, 0) is 29.7 Å². The number of rotatable bonds is 5. The van der Waals surface area contributed by atoms with Crippen LogP contribution in [0.4, 0.5) is 10.1 Å². The molecule has 126 valence electrons. The first-order valence-corrected chi connectivity index (χ1v) is 7.54. The van der Waals surface area contributed by atoms with Gasteiger partial charge in [-0.25, -0.2) is 19.2 Å². The van der Waals surface area contributed by atoms with Crippen molar-refractivity contribution >= 4 is 23.8 Å². The monoisotopic (exact) mass is 329 g/mol. The highest BCUT2D eigenvalue weighted by Gasteiger charge is 2.15. The van der Waals surface area contributed by atoms with Gasteiger partial charge in [0.2, 0.25) is 0 Å². The van der Waals surface area contributed by atoms with Gasteiger partial charge in [0, 0.05) is 20.3 Å². The van der Waals surface area contributed by atoms with Crippen LogP contribution in [0.1, 0.15) is 47.2 Å².